The topological polar surface area (TPSA) is 0 Å². The predicted octanol–water partition coefficient (Wildman–Crippen LogP) is 3.43. The summed E-state index contributed by atoms with van der Waals surface area (Å²) in [5, 5.41) is -0.126. The standard InChI is InChI=1S/C6H12F2S2/c1-4(2)9-10-5(3)6(7)8/h4-6H,1-3H3. The largest absolute Gasteiger partial charge is 0.250 e. The van der Waals surface area contributed by atoms with Crippen molar-refractivity contribution in [2.45, 2.75) is 37.7 Å². The highest BCUT2D eigenvalue weighted by atomic mass is 33.1. The van der Waals surface area contributed by atoms with E-state index >= 15 is 0 Å². The lowest BCUT2D eigenvalue weighted by atomic mass is 10.5. The molecule has 0 aromatic carbocycles. The molecule has 0 spiro atoms. The maximum Gasteiger partial charge on any atom is 0.250 e. The van der Waals surface area contributed by atoms with Crippen LogP contribution >= 0.6 is 21.6 Å². The summed E-state index contributed by atoms with van der Waals surface area (Å²) in [6, 6.07) is 0. The summed E-state index contributed by atoms with van der Waals surface area (Å²) in [4.78, 5) is 0. The first-order valence-corrected chi connectivity index (χ1v) is 5.42. The van der Waals surface area contributed by atoms with E-state index in [4.69, 9.17) is 0 Å². The molecular formula is C6H12F2S2. The van der Waals surface area contributed by atoms with Crippen molar-refractivity contribution >= 4 is 21.6 Å². The second kappa shape index (κ2) is 5.24. The van der Waals surface area contributed by atoms with Gasteiger partial charge in [0.05, 0.1) is 5.25 Å². The molecule has 0 aromatic heterocycles. The fraction of sp³-hybridized carbons (Fsp3) is 1.00. The SMILES string of the molecule is CC(C)SSC(C)C(F)F. The predicted molar refractivity (Wildman–Crippen MR) is 45.8 cm³/mol. The zero-order chi connectivity index (χ0) is 8.15. The minimum absolute atomic E-state index is 0.422. The second-order valence-electron chi connectivity index (χ2n) is 2.28. The monoisotopic (exact) mass is 186 g/mol. The molecule has 0 saturated heterocycles. The third-order valence-electron chi connectivity index (χ3n) is 0.755. The van der Waals surface area contributed by atoms with Crippen LogP contribution in [0.5, 0.6) is 0 Å². The van der Waals surface area contributed by atoms with Gasteiger partial charge < -0.3 is 0 Å². The van der Waals surface area contributed by atoms with Gasteiger partial charge in [0.2, 0.25) is 0 Å². The Morgan fingerprint density at radius 1 is 1.00 bits per heavy atom. The first-order chi connectivity index (χ1) is 4.54. The molecule has 0 aliphatic rings. The van der Waals surface area contributed by atoms with E-state index in [-0.39, 0.29) is 0 Å². The lowest BCUT2D eigenvalue weighted by Crippen LogP contribution is -2.07. The molecule has 0 N–H and O–H groups in total. The second-order valence-corrected chi connectivity index (χ2v) is 5.51. The van der Waals surface area contributed by atoms with Crippen LogP contribution in [0.4, 0.5) is 8.78 Å². The molecule has 62 valence electrons. The van der Waals surface area contributed by atoms with Gasteiger partial charge in [-0.15, -0.1) is 0 Å². The van der Waals surface area contributed by atoms with Crippen LogP contribution in [0.1, 0.15) is 20.8 Å². The van der Waals surface area contributed by atoms with Crippen LogP contribution in [0.3, 0.4) is 0 Å². The average molecular weight is 186 g/mol. The van der Waals surface area contributed by atoms with Gasteiger partial charge in [-0.05, 0) is 6.92 Å². The fourth-order valence-electron chi connectivity index (χ4n) is 0.241. The highest BCUT2D eigenvalue weighted by Gasteiger charge is 2.15. The molecule has 10 heavy (non-hydrogen) atoms. The van der Waals surface area contributed by atoms with E-state index < -0.39 is 11.7 Å². The van der Waals surface area contributed by atoms with Crippen LogP contribution in [0.2, 0.25) is 0 Å². The van der Waals surface area contributed by atoms with Crippen molar-refractivity contribution in [3.63, 3.8) is 0 Å². The molecule has 0 bridgehead atoms. The van der Waals surface area contributed by atoms with Crippen molar-refractivity contribution in [1.82, 2.24) is 0 Å². The Labute approximate surface area is 68.5 Å². The maximum atomic E-state index is 11.8. The quantitative estimate of drug-likeness (QED) is 0.617. The van der Waals surface area contributed by atoms with Crippen LogP contribution < -0.4 is 0 Å². The average Bonchev–Trinajstić information content (AvgIpc) is 1.82. The maximum absolute atomic E-state index is 11.8. The van der Waals surface area contributed by atoms with Gasteiger partial charge in [-0.25, -0.2) is 8.78 Å². The van der Waals surface area contributed by atoms with E-state index in [1.807, 2.05) is 13.8 Å². The molecule has 0 nitrogen and oxygen atoms in total. The molecule has 0 heterocycles. The van der Waals surface area contributed by atoms with E-state index in [0.717, 1.165) is 0 Å². The van der Waals surface area contributed by atoms with Gasteiger partial charge in [0.15, 0.2) is 0 Å². The number of halogens is 2. The van der Waals surface area contributed by atoms with Crippen molar-refractivity contribution in [2.75, 3.05) is 0 Å². The van der Waals surface area contributed by atoms with E-state index in [9.17, 15) is 8.78 Å². The molecule has 0 aliphatic carbocycles. The van der Waals surface area contributed by atoms with E-state index in [0.29, 0.717) is 5.25 Å². The van der Waals surface area contributed by atoms with E-state index in [2.05, 4.69) is 0 Å². The van der Waals surface area contributed by atoms with Crippen molar-refractivity contribution in [2.24, 2.45) is 0 Å². The smallest absolute Gasteiger partial charge is 0.209 e. The normalized spacial score (nSPS) is 14.7. The van der Waals surface area contributed by atoms with Gasteiger partial charge in [0.25, 0.3) is 6.43 Å². The molecule has 0 aliphatic heterocycles. The van der Waals surface area contributed by atoms with Gasteiger partial charge in [-0.3, -0.25) is 0 Å². The Morgan fingerprint density at radius 2 is 1.50 bits per heavy atom. The van der Waals surface area contributed by atoms with Crippen LogP contribution in [-0.4, -0.2) is 16.9 Å². The molecule has 0 fully saturated rings. The Kier molecular flexibility index (Phi) is 5.54. The lowest BCUT2D eigenvalue weighted by molar-refractivity contribution is 0.150. The molecule has 0 aromatic rings. The lowest BCUT2D eigenvalue weighted by Gasteiger charge is -2.09. The van der Waals surface area contributed by atoms with Crippen LogP contribution in [0.15, 0.2) is 0 Å². The van der Waals surface area contributed by atoms with E-state index in [1.165, 1.54) is 21.6 Å². The Morgan fingerprint density at radius 3 is 1.80 bits per heavy atom. The first-order valence-electron chi connectivity index (χ1n) is 3.14. The number of alkyl halides is 2. The van der Waals surface area contributed by atoms with Crippen LogP contribution in [0.25, 0.3) is 0 Å². The Hall–Kier alpha value is 0.560. The van der Waals surface area contributed by atoms with Crippen molar-refractivity contribution in [1.29, 1.82) is 0 Å². The first kappa shape index (κ1) is 10.6. The molecular weight excluding hydrogens is 174 g/mol. The molecule has 0 radical (unpaired) electrons. The number of rotatable bonds is 4. The Bertz CT molecular complexity index is 85.8. The summed E-state index contributed by atoms with van der Waals surface area (Å²) in [5.74, 6) is 0. The van der Waals surface area contributed by atoms with Crippen LogP contribution in [-0.2, 0) is 0 Å². The van der Waals surface area contributed by atoms with Gasteiger partial charge >= 0.3 is 0 Å². The minimum Gasteiger partial charge on any atom is -0.209 e. The summed E-state index contributed by atoms with van der Waals surface area (Å²) in [6.45, 7) is 5.54. The highest BCUT2D eigenvalue weighted by molar-refractivity contribution is 8.77. The third kappa shape index (κ3) is 5.35. The van der Waals surface area contributed by atoms with Gasteiger partial charge in [0, 0.05) is 5.25 Å². The van der Waals surface area contributed by atoms with Gasteiger partial charge in [-0.1, -0.05) is 35.4 Å². The summed E-state index contributed by atoms with van der Waals surface area (Å²) in [5.41, 5.74) is 0. The molecule has 0 rings (SSSR count). The number of hydrogen-bond acceptors (Lipinski definition) is 2. The molecule has 0 saturated carbocycles. The van der Waals surface area contributed by atoms with Gasteiger partial charge in [0.1, 0.15) is 0 Å². The van der Waals surface area contributed by atoms with Crippen molar-refractivity contribution in [3.05, 3.63) is 0 Å². The highest BCUT2D eigenvalue weighted by Crippen LogP contribution is 2.33. The molecule has 4 heteroatoms. The number of hydrogen-bond donors (Lipinski definition) is 0. The zero-order valence-electron chi connectivity index (χ0n) is 6.30. The van der Waals surface area contributed by atoms with Crippen molar-refractivity contribution < 1.29 is 8.78 Å². The molecule has 1 atom stereocenters. The summed E-state index contributed by atoms with van der Waals surface area (Å²) in [7, 11) is 2.76. The van der Waals surface area contributed by atoms with E-state index in [1.54, 1.807) is 6.92 Å². The Balaban J connectivity index is 3.30. The summed E-state index contributed by atoms with van der Waals surface area (Å²) in [6.07, 6.45) is -2.20. The van der Waals surface area contributed by atoms with Crippen LogP contribution in [0, 0.1) is 0 Å². The zero-order valence-corrected chi connectivity index (χ0v) is 7.94. The van der Waals surface area contributed by atoms with Crippen molar-refractivity contribution in [3.8, 4) is 0 Å². The molecule has 1 unspecified atom stereocenters. The third-order valence-corrected chi connectivity index (χ3v) is 4.16. The van der Waals surface area contributed by atoms with Gasteiger partial charge in [-0.2, -0.15) is 0 Å². The fourth-order valence-corrected chi connectivity index (χ4v) is 2.17. The summed E-state index contributed by atoms with van der Waals surface area (Å²) >= 11 is 0. The summed E-state index contributed by atoms with van der Waals surface area (Å²) < 4.78 is 23.7. The molecule has 0 amide bonds. The minimum atomic E-state index is -2.20.